The highest BCUT2D eigenvalue weighted by Crippen LogP contribution is 2.25. The number of aromatic amines is 1. The van der Waals surface area contributed by atoms with Crippen molar-refractivity contribution in [2.75, 3.05) is 5.32 Å². The molecule has 100 valence electrons. The lowest BCUT2D eigenvalue weighted by atomic mass is 9.84. The minimum atomic E-state index is -0.0637. The molecule has 2 aromatic rings. The molecule has 5 heteroatoms. The molecular weight excluding hydrogens is 240 g/mol. The van der Waals surface area contributed by atoms with E-state index in [0.717, 1.165) is 42.3 Å². The van der Waals surface area contributed by atoms with Gasteiger partial charge in [-0.05, 0) is 31.0 Å². The third-order valence-electron chi connectivity index (χ3n) is 3.87. The Morgan fingerprint density at radius 2 is 2.21 bits per heavy atom. The number of aromatic nitrogens is 2. The smallest absolute Gasteiger partial charge is 0.229 e. The number of anilines is 1. The van der Waals surface area contributed by atoms with Crippen LogP contribution < -0.4 is 11.1 Å². The Hall–Kier alpha value is -1.88. The molecule has 4 N–H and O–H groups in total. The van der Waals surface area contributed by atoms with Crippen molar-refractivity contribution in [3.05, 3.63) is 24.4 Å². The summed E-state index contributed by atoms with van der Waals surface area (Å²) in [5.41, 5.74) is 7.74. The highest BCUT2D eigenvalue weighted by atomic mass is 16.1. The number of H-pyrrole nitrogens is 1. The maximum Gasteiger partial charge on any atom is 0.229 e. The van der Waals surface area contributed by atoms with Gasteiger partial charge in [0, 0.05) is 17.1 Å². The fourth-order valence-electron chi connectivity index (χ4n) is 2.73. The summed E-state index contributed by atoms with van der Waals surface area (Å²) in [6.07, 6.45) is 5.81. The molecule has 0 saturated heterocycles. The molecule has 2 unspecified atom stereocenters. The van der Waals surface area contributed by atoms with Crippen molar-refractivity contribution in [1.29, 1.82) is 0 Å². The van der Waals surface area contributed by atoms with Gasteiger partial charge in [-0.15, -0.1) is 0 Å². The first kappa shape index (κ1) is 12.2. The Kier molecular flexibility index (Phi) is 3.21. The second-order valence-corrected chi connectivity index (χ2v) is 5.22. The number of fused-ring (bicyclic) bond motifs is 1. The number of carbonyl (C=O) groups is 1. The lowest BCUT2D eigenvalue weighted by molar-refractivity contribution is -0.121. The zero-order chi connectivity index (χ0) is 13.2. The average molecular weight is 258 g/mol. The minimum absolute atomic E-state index is 0.00960. The van der Waals surface area contributed by atoms with Gasteiger partial charge in [-0.25, -0.2) is 0 Å². The van der Waals surface area contributed by atoms with Gasteiger partial charge in [0.2, 0.25) is 5.91 Å². The Morgan fingerprint density at radius 1 is 1.37 bits per heavy atom. The standard InChI is InChI=1S/C14H18N4O/c15-12-4-2-1-3-11(12)14(19)17-10-6-5-9-8-16-18-13(9)7-10/h5-8,11-12H,1-4,15H2,(H,16,18)(H,17,19). The van der Waals surface area contributed by atoms with Crippen LogP contribution in [0.25, 0.3) is 10.9 Å². The van der Waals surface area contributed by atoms with Gasteiger partial charge >= 0.3 is 0 Å². The molecule has 0 spiro atoms. The van der Waals surface area contributed by atoms with Crippen molar-refractivity contribution in [3.8, 4) is 0 Å². The molecule has 1 heterocycles. The van der Waals surface area contributed by atoms with E-state index in [9.17, 15) is 4.79 Å². The first-order valence-corrected chi connectivity index (χ1v) is 6.73. The number of nitrogens with two attached hydrogens (primary N) is 1. The molecule has 0 aliphatic heterocycles. The second kappa shape index (κ2) is 5.01. The number of hydrogen-bond donors (Lipinski definition) is 3. The number of hydrogen-bond acceptors (Lipinski definition) is 3. The molecule has 1 aliphatic carbocycles. The van der Waals surface area contributed by atoms with Crippen LogP contribution in [0.2, 0.25) is 0 Å². The van der Waals surface area contributed by atoms with Crippen molar-refractivity contribution in [3.63, 3.8) is 0 Å². The van der Waals surface area contributed by atoms with E-state index in [4.69, 9.17) is 5.73 Å². The van der Waals surface area contributed by atoms with Gasteiger partial charge in [-0.2, -0.15) is 5.10 Å². The summed E-state index contributed by atoms with van der Waals surface area (Å²) in [4.78, 5) is 12.2. The number of nitrogens with one attached hydrogen (secondary N) is 2. The maximum absolute atomic E-state index is 12.2. The summed E-state index contributed by atoms with van der Waals surface area (Å²) >= 11 is 0. The Bertz CT molecular complexity index is 592. The van der Waals surface area contributed by atoms with E-state index in [1.165, 1.54) is 0 Å². The quantitative estimate of drug-likeness (QED) is 0.770. The molecule has 3 rings (SSSR count). The first-order chi connectivity index (χ1) is 9.24. The third-order valence-corrected chi connectivity index (χ3v) is 3.87. The van der Waals surface area contributed by atoms with Crippen molar-refractivity contribution < 1.29 is 4.79 Å². The molecule has 0 radical (unpaired) electrons. The summed E-state index contributed by atoms with van der Waals surface area (Å²) in [6, 6.07) is 5.72. The van der Waals surface area contributed by atoms with Crippen LogP contribution in [0.3, 0.4) is 0 Å². The fraction of sp³-hybridized carbons (Fsp3) is 0.429. The minimum Gasteiger partial charge on any atom is -0.327 e. The van der Waals surface area contributed by atoms with Gasteiger partial charge in [0.15, 0.2) is 0 Å². The van der Waals surface area contributed by atoms with Crippen molar-refractivity contribution in [2.24, 2.45) is 11.7 Å². The number of rotatable bonds is 2. The number of amides is 1. The van der Waals surface area contributed by atoms with E-state index < -0.39 is 0 Å². The van der Waals surface area contributed by atoms with Crippen LogP contribution in [0, 0.1) is 5.92 Å². The van der Waals surface area contributed by atoms with E-state index in [1.54, 1.807) is 6.20 Å². The summed E-state index contributed by atoms with van der Waals surface area (Å²) in [5, 5.41) is 10.9. The van der Waals surface area contributed by atoms with Gasteiger partial charge < -0.3 is 11.1 Å². The molecular formula is C14H18N4O. The SMILES string of the molecule is NC1CCCCC1C(=O)Nc1ccc2cn[nH]c2c1. The van der Waals surface area contributed by atoms with Gasteiger partial charge in [0.25, 0.3) is 0 Å². The topological polar surface area (TPSA) is 83.8 Å². The van der Waals surface area contributed by atoms with E-state index in [2.05, 4.69) is 15.5 Å². The normalized spacial score (nSPS) is 23.4. The second-order valence-electron chi connectivity index (χ2n) is 5.22. The third kappa shape index (κ3) is 2.46. The average Bonchev–Trinajstić information content (AvgIpc) is 2.86. The predicted molar refractivity (Wildman–Crippen MR) is 74.7 cm³/mol. The molecule has 5 nitrogen and oxygen atoms in total. The van der Waals surface area contributed by atoms with Crippen LogP contribution >= 0.6 is 0 Å². The Balaban J connectivity index is 1.74. The molecule has 1 aromatic heterocycles. The summed E-state index contributed by atoms with van der Waals surface area (Å²) in [7, 11) is 0. The van der Waals surface area contributed by atoms with Crippen molar-refractivity contribution in [1.82, 2.24) is 10.2 Å². The van der Waals surface area contributed by atoms with Crippen LogP contribution in [0.5, 0.6) is 0 Å². The van der Waals surface area contributed by atoms with E-state index in [0.29, 0.717) is 0 Å². The first-order valence-electron chi connectivity index (χ1n) is 6.73. The fourth-order valence-corrected chi connectivity index (χ4v) is 2.73. The number of benzene rings is 1. The van der Waals surface area contributed by atoms with Crippen LogP contribution in [0.15, 0.2) is 24.4 Å². The van der Waals surface area contributed by atoms with Gasteiger partial charge in [0.1, 0.15) is 0 Å². The highest BCUT2D eigenvalue weighted by Gasteiger charge is 2.28. The Morgan fingerprint density at radius 3 is 3.05 bits per heavy atom. The zero-order valence-electron chi connectivity index (χ0n) is 10.7. The van der Waals surface area contributed by atoms with Crippen molar-refractivity contribution >= 4 is 22.5 Å². The maximum atomic E-state index is 12.2. The monoisotopic (exact) mass is 258 g/mol. The zero-order valence-corrected chi connectivity index (χ0v) is 10.7. The van der Waals surface area contributed by atoms with Crippen LogP contribution in [0.4, 0.5) is 5.69 Å². The summed E-state index contributed by atoms with van der Waals surface area (Å²) in [6.45, 7) is 0. The molecule has 1 amide bonds. The molecule has 19 heavy (non-hydrogen) atoms. The van der Waals surface area contributed by atoms with E-state index >= 15 is 0 Å². The van der Waals surface area contributed by atoms with Gasteiger partial charge in [-0.1, -0.05) is 12.8 Å². The lowest BCUT2D eigenvalue weighted by Gasteiger charge is -2.27. The van der Waals surface area contributed by atoms with Crippen LogP contribution in [-0.2, 0) is 4.79 Å². The van der Waals surface area contributed by atoms with Gasteiger partial charge in [-0.3, -0.25) is 9.89 Å². The molecule has 1 saturated carbocycles. The van der Waals surface area contributed by atoms with Crippen molar-refractivity contribution in [2.45, 2.75) is 31.7 Å². The van der Waals surface area contributed by atoms with E-state index in [-0.39, 0.29) is 17.9 Å². The molecule has 0 bridgehead atoms. The number of nitrogens with zero attached hydrogens (tertiary/aromatic N) is 1. The number of carbonyl (C=O) groups excluding carboxylic acids is 1. The van der Waals surface area contributed by atoms with E-state index in [1.807, 2.05) is 18.2 Å². The Labute approximate surface area is 111 Å². The lowest BCUT2D eigenvalue weighted by Crippen LogP contribution is -2.40. The summed E-state index contributed by atoms with van der Waals surface area (Å²) in [5.74, 6) is -0.0303. The largest absolute Gasteiger partial charge is 0.327 e. The molecule has 1 aliphatic rings. The van der Waals surface area contributed by atoms with Gasteiger partial charge in [0.05, 0.1) is 17.6 Å². The predicted octanol–water partition coefficient (Wildman–Crippen LogP) is 2.02. The molecule has 1 fully saturated rings. The van der Waals surface area contributed by atoms with Crippen LogP contribution in [0.1, 0.15) is 25.7 Å². The molecule has 2 atom stereocenters. The summed E-state index contributed by atoms with van der Waals surface area (Å²) < 4.78 is 0. The van der Waals surface area contributed by atoms with Crippen LogP contribution in [-0.4, -0.2) is 22.1 Å². The molecule has 1 aromatic carbocycles. The highest BCUT2D eigenvalue weighted by molar-refractivity contribution is 5.95.